The maximum Gasteiger partial charge on any atom is 0.416 e. The van der Waals surface area contributed by atoms with Gasteiger partial charge in [0.15, 0.2) is 0 Å². The van der Waals surface area contributed by atoms with Crippen molar-refractivity contribution in [2.24, 2.45) is 0 Å². The van der Waals surface area contributed by atoms with Crippen molar-refractivity contribution < 1.29 is 17.9 Å². The summed E-state index contributed by atoms with van der Waals surface area (Å²) in [6, 6.07) is 20.2. The molecule has 0 amide bonds. The highest BCUT2D eigenvalue weighted by atomic mass is 19.4. The number of alkyl halides is 3. The zero-order chi connectivity index (χ0) is 21.1. The van der Waals surface area contributed by atoms with Gasteiger partial charge < -0.3 is 15.0 Å². The SMILES string of the molecule is CC(NCC1CN(c2cccc(C(F)(F)F)c2)CCO1)c1cccc2ccccc12. The predicted molar refractivity (Wildman–Crippen MR) is 114 cm³/mol. The van der Waals surface area contributed by atoms with Crippen molar-refractivity contribution in [3.63, 3.8) is 0 Å². The van der Waals surface area contributed by atoms with Gasteiger partial charge in [-0.3, -0.25) is 0 Å². The van der Waals surface area contributed by atoms with Gasteiger partial charge in [0, 0.05) is 31.4 Å². The summed E-state index contributed by atoms with van der Waals surface area (Å²) in [4.78, 5) is 1.97. The van der Waals surface area contributed by atoms with Crippen LogP contribution in [0.4, 0.5) is 18.9 Å². The summed E-state index contributed by atoms with van der Waals surface area (Å²) in [6.07, 6.45) is -4.43. The van der Waals surface area contributed by atoms with Crippen molar-refractivity contribution in [3.8, 4) is 0 Å². The van der Waals surface area contributed by atoms with Crippen LogP contribution in [0, 0.1) is 0 Å². The first-order valence-electron chi connectivity index (χ1n) is 10.2. The number of halogens is 3. The number of ether oxygens (including phenoxy) is 1. The highest BCUT2D eigenvalue weighted by Crippen LogP contribution is 2.32. The molecule has 1 fully saturated rings. The molecule has 1 aliphatic heterocycles. The second kappa shape index (κ2) is 8.66. The Kier molecular flexibility index (Phi) is 5.97. The van der Waals surface area contributed by atoms with Crippen molar-refractivity contribution in [1.82, 2.24) is 5.32 Å². The van der Waals surface area contributed by atoms with Crippen molar-refractivity contribution >= 4 is 16.5 Å². The maximum atomic E-state index is 13.0. The number of hydrogen-bond acceptors (Lipinski definition) is 3. The van der Waals surface area contributed by atoms with Gasteiger partial charge >= 0.3 is 6.18 Å². The van der Waals surface area contributed by atoms with E-state index in [9.17, 15) is 13.2 Å². The van der Waals surface area contributed by atoms with Crippen molar-refractivity contribution in [3.05, 3.63) is 77.9 Å². The number of rotatable bonds is 5. The van der Waals surface area contributed by atoms with E-state index in [2.05, 4.69) is 42.6 Å². The number of nitrogens with zero attached hydrogens (tertiary/aromatic N) is 1. The van der Waals surface area contributed by atoms with Crippen molar-refractivity contribution in [1.29, 1.82) is 0 Å². The standard InChI is InChI=1S/C24H25F3N2O/c1-17(22-11-4-7-18-6-2-3-10-23(18)22)28-15-21-16-29(12-13-30-21)20-9-5-8-19(14-20)24(25,26)27/h2-11,14,17,21,28H,12-13,15-16H2,1H3. The predicted octanol–water partition coefficient (Wildman–Crippen LogP) is 5.41. The fourth-order valence-electron chi connectivity index (χ4n) is 4.00. The lowest BCUT2D eigenvalue weighted by atomic mass is 9.99. The second-order valence-electron chi connectivity index (χ2n) is 7.69. The van der Waals surface area contributed by atoms with E-state index in [1.165, 1.54) is 28.5 Å². The molecule has 30 heavy (non-hydrogen) atoms. The van der Waals surface area contributed by atoms with Crippen LogP contribution in [0.2, 0.25) is 0 Å². The Morgan fingerprint density at radius 2 is 1.83 bits per heavy atom. The minimum Gasteiger partial charge on any atom is -0.373 e. The molecule has 0 saturated carbocycles. The van der Waals surface area contributed by atoms with Crippen LogP contribution in [0.15, 0.2) is 66.7 Å². The lowest BCUT2D eigenvalue weighted by Crippen LogP contribution is -2.47. The highest BCUT2D eigenvalue weighted by molar-refractivity contribution is 5.86. The van der Waals surface area contributed by atoms with Gasteiger partial charge in [-0.1, -0.05) is 48.5 Å². The first-order chi connectivity index (χ1) is 14.4. The van der Waals surface area contributed by atoms with Gasteiger partial charge in [-0.15, -0.1) is 0 Å². The number of morpholine rings is 1. The topological polar surface area (TPSA) is 24.5 Å². The van der Waals surface area contributed by atoms with Gasteiger partial charge in [-0.2, -0.15) is 13.2 Å². The zero-order valence-electron chi connectivity index (χ0n) is 16.8. The summed E-state index contributed by atoms with van der Waals surface area (Å²) >= 11 is 0. The first kappa shape index (κ1) is 20.7. The van der Waals surface area contributed by atoms with E-state index < -0.39 is 11.7 Å². The molecule has 2 atom stereocenters. The average molecular weight is 414 g/mol. The van der Waals surface area contributed by atoms with Crippen LogP contribution >= 0.6 is 0 Å². The monoisotopic (exact) mass is 414 g/mol. The van der Waals surface area contributed by atoms with Crippen LogP contribution in [0.5, 0.6) is 0 Å². The Morgan fingerprint density at radius 1 is 1.07 bits per heavy atom. The smallest absolute Gasteiger partial charge is 0.373 e. The molecule has 158 valence electrons. The van der Waals surface area contributed by atoms with E-state index in [-0.39, 0.29) is 12.1 Å². The molecule has 1 N–H and O–H groups in total. The van der Waals surface area contributed by atoms with E-state index in [1.54, 1.807) is 6.07 Å². The molecular weight excluding hydrogens is 389 g/mol. The van der Waals surface area contributed by atoms with Gasteiger partial charge in [-0.25, -0.2) is 0 Å². The van der Waals surface area contributed by atoms with Crippen molar-refractivity contribution in [2.45, 2.75) is 25.2 Å². The van der Waals surface area contributed by atoms with Gasteiger partial charge in [0.1, 0.15) is 0 Å². The van der Waals surface area contributed by atoms with Crippen molar-refractivity contribution in [2.75, 3.05) is 31.1 Å². The zero-order valence-corrected chi connectivity index (χ0v) is 16.8. The Balaban J connectivity index is 1.41. The molecule has 3 nitrogen and oxygen atoms in total. The normalized spacial score (nSPS) is 18.5. The third kappa shape index (κ3) is 4.60. The van der Waals surface area contributed by atoms with Crippen LogP contribution < -0.4 is 10.2 Å². The maximum absolute atomic E-state index is 13.0. The van der Waals surface area contributed by atoms with E-state index in [0.717, 1.165) is 6.07 Å². The molecule has 3 aromatic carbocycles. The van der Waals surface area contributed by atoms with E-state index in [1.807, 2.05) is 17.0 Å². The van der Waals surface area contributed by atoms with Crippen LogP contribution in [0.25, 0.3) is 10.8 Å². The van der Waals surface area contributed by atoms with Crippen LogP contribution in [0.3, 0.4) is 0 Å². The lowest BCUT2D eigenvalue weighted by molar-refractivity contribution is -0.137. The summed E-state index contributed by atoms with van der Waals surface area (Å²) in [7, 11) is 0. The third-order valence-corrected chi connectivity index (χ3v) is 5.62. The summed E-state index contributed by atoms with van der Waals surface area (Å²) < 4.78 is 45.0. The van der Waals surface area contributed by atoms with E-state index >= 15 is 0 Å². The molecule has 1 aliphatic rings. The molecule has 1 saturated heterocycles. The fraction of sp³-hybridized carbons (Fsp3) is 0.333. The van der Waals surface area contributed by atoms with Gasteiger partial charge in [0.2, 0.25) is 0 Å². The molecule has 4 rings (SSSR count). The summed E-state index contributed by atoms with van der Waals surface area (Å²) in [5.74, 6) is 0. The molecule has 0 spiro atoms. The third-order valence-electron chi connectivity index (χ3n) is 5.62. The van der Waals surface area contributed by atoms with Crippen LogP contribution in [-0.4, -0.2) is 32.3 Å². The Labute approximate surface area is 174 Å². The molecule has 2 unspecified atom stereocenters. The Hall–Kier alpha value is -2.57. The van der Waals surface area contributed by atoms with Gasteiger partial charge in [-0.05, 0) is 41.5 Å². The molecule has 3 aromatic rings. The largest absolute Gasteiger partial charge is 0.416 e. The Bertz CT molecular complexity index is 1000. The van der Waals surface area contributed by atoms with Gasteiger partial charge in [0.05, 0.1) is 18.3 Å². The minimum atomic E-state index is -4.34. The second-order valence-corrected chi connectivity index (χ2v) is 7.69. The molecule has 0 radical (unpaired) electrons. The lowest BCUT2D eigenvalue weighted by Gasteiger charge is -2.35. The summed E-state index contributed by atoms with van der Waals surface area (Å²) in [5.41, 5.74) is 1.18. The molecule has 0 aromatic heterocycles. The van der Waals surface area contributed by atoms with Crippen LogP contribution in [0.1, 0.15) is 24.1 Å². The van der Waals surface area contributed by atoms with E-state index in [0.29, 0.717) is 31.9 Å². The number of anilines is 1. The molecule has 0 aliphatic carbocycles. The highest BCUT2D eigenvalue weighted by Gasteiger charge is 2.31. The number of benzene rings is 3. The summed E-state index contributed by atoms with van der Waals surface area (Å²) in [6.45, 7) is 4.37. The Morgan fingerprint density at radius 3 is 2.67 bits per heavy atom. The number of fused-ring (bicyclic) bond motifs is 1. The summed E-state index contributed by atoms with van der Waals surface area (Å²) in [5, 5.41) is 5.96. The molecule has 0 bridgehead atoms. The molecular formula is C24H25F3N2O. The van der Waals surface area contributed by atoms with E-state index in [4.69, 9.17) is 4.74 Å². The number of hydrogen-bond donors (Lipinski definition) is 1. The van der Waals surface area contributed by atoms with Gasteiger partial charge in [0.25, 0.3) is 0 Å². The molecule has 1 heterocycles. The van der Waals surface area contributed by atoms with Crippen LogP contribution in [-0.2, 0) is 10.9 Å². The first-order valence-corrected chi connectivity index (χ1v) is 10.2. The number of nitrogens with one attached hydrogen (secondary N) is 1. The molecule has 6 heteroatoms. The average Bonchev–Trinajstić information content (AvgIpc) is 2.77. The quantitative estimate of drug-likeness (QED) is 0.604. The minimum absolute atomic E-state index is 0.0919. The fourth-order valence-corrected chi connectivity index (χ4v) is 4.00.